The van der Waals surface area contributed by atoms with Gasteiger partial charge in [-0.05, 0) is 43.7 Å². The average molecular weight is 363 g/mol. The van der Waals surface area contributed by atoms with Crippen molar-refractivity contribution in [1.82, 2.24) is 4.31 Å². The van der Waals surface area contributed by atoms with Crippen molar-refractivity contribution in [2.24, 2.45) is 17.8 Å². The van der Waals surface area contributed by atoms with Crippen LogP contribution in [0.15, 0.2) is 41.3 Å². The summed E-state index contributed by atoms with van der Waals surface area (Å²) in [5.74, 6) is -2.72. The third-order valence-electron chi connectivity index (χ3n) is 5.02. The molecule has 0 bridgehead atoms. The van der Waals surface area contributed by atoms with E-state index in [1.165, 1.54) is 19.2 Å². The molecule has 0 radical (unpaired) electrons. The standard InChI is InChI=1S/C18H21NO5S/c1-12-7-9-14(10-8-12)25(22,23)19-11-13-5-3-4-6-15(13)16(17(19)20)18(21)24-2/h3-4,7-10,13,15-16H,5-6,11H2,1-2H3/t13-,15-,16?/m1/s1. The lowest BCUT2D eigenvalue weighted by Crippen LogP contribution is -2.55. The molecular weight excluding hydrogens is 342 g/mol. The number of esters is 1. The fourth-order valence-corrected chi connectivity index (χ4v) is 5.08. The first-order valence-corrected chi connectivity index (χ1v) is 9.66. The molecular formula is C18H21NO5S. The minimum absolute atomic E-state index is 0.0554. The Bertz CT molecular complexity index is 812. The number of carbonyl (C=O) groups is 2. The molecule has 3 atom stereocenters. The normalized spacial score (nSPS) is 26.2. The molecule has 2 aliphatic rings. The highest BCUT2D eigenvalue weighted by molar-refractivity contribution is 7.89. The highest BCUT2D eigenvalue weighted by atomic mass is 32.2. The SMILES string of the molecule is COC(=O)C1C(=O)N(S(=O)(=O)c2ccc(C)cc2)C[C@H]2CC=CC[C@@H]12. The van der Waals surface area contributed by atoms with Crippen LogP contribution in [-0.4, -0.2) is 38.3 Å². The van der Waals surface area contributed by atoms with E-state index in [4.69, 9.17) is 4.74 Å². The predicted octanol–water partition coefficient (Wildman–Crippen LogP) is 1.90. The second-order valence-electron chi connectivity index (χ2n) is 6.56. The summed E-state index contributed by atoms with van der Waals surface area (Å²) in [6.45, 7) is 1.95. The quantitative estimate of drug-likeness (QED) is 0.465. The van der Waals surface area contributed by atoms with Gasteiger partial charge in [0.2, 0.25) is 0 Å². The first-order chi connectivity index (χ1) is 11.9. The van der Waals surface area contributed by atoms with Crippen LogP contribution in [0.25, 0.3) is 0 Å². The van der Waals surface area contributed by atoms with E-state index >= 15 is 0 Å². The van der Waals surface area contributed by atoms with Crippen LogP contribution in [0.2, 0.25) is 0 Å². The fourth-order valence-electron chi connectivity index (χ4n) is 3.61. The number of fused-ring (bicyclic) bond motifs is 1. The van der Waals surface area contributed by atoms with Gasteiger partial charge in [0.15, 0.2) is 0 Å². The molecule has 6 nitrogen and oxygen atoms in total. The van der Waals surface area contributed by atoms with E-state index in [-0.39, 0.29) is 23.3 Å². The number of piperidine rings is 1. The third-order valence-corrected chi connectivity index (χ3v) is 6.80. The predicted molar refractivity (Wildman–Crippen MR) is 90.9 cm³/mol. The number of hydrogen-bond acceptors (Lipinski definition) is 5. The van der Waals surface area contributed by atoms with Crippen LogP contribution in [0.3, 0.4) is 0 Å². The number of aryl methyl sites for hydroxylation is 1. The van der Waals surface area contributed by atoms with Crippen LogP contribution < -0.4 is 0 Å². The maximum Gasteiger partial charge on any atom is 0.318 e. The van der Waals surface area contributed by atoms with Crippen LogP contribution in [0.4, 0.5) is 0 Å². The summed E-state index contributed by atoms with van der Waals surface area (Å²) in [7, 11) is -2.78. The molecule has 0 N–H and O–H groups in total. The van der Waals surface area contributed by atoms with Gasteiger partial charge < -0.3 is 4.74 Å². The first kappa shape index (κ1) is 17.7. The smallest absolute Gasteiger partial charge is 0.318 e. The molecule has 1 saturated heterocycles. The lowest BCUT2D eigenvalue weighted by Gasteiger charge is -2.42. The molecule has 0 spiro atoms. The van der Waals surface area contributed by atoms with Crippen LogP contribution >= 0.6 is 0 Å². The second kappa shape index (κ2) is 6.63. The molecule has 1 aliphatic carbocycles. The molecule has 3 rings (SSSR count). The van der Waals surface area contributed by atoms with Crippen LogP contribution in [0, 0.1) is 24.7 Å². The number of sulfonamides is 1. The molecule has 1 unspecified atom stereocenters. The summed E-state index contributed by atoms with van der Waals surface area (Å²) in [4.78, 5) is 25.1. The molecule has 0 saturated carbocycles. The number of nitrogens with zero attached hydrogens (tertiary/aromatic N) is 1. The topological polar surface area (TPSA) is 80.8 Å². The summed E-state index contributed by atoms with van der Waals surface area (Å²) in [6, 6.07) is 6.34. The van der Waals surface area contributed by atoms with E-state index in [1.54, 1.807) is 12.1 Å². The van der Waals surface area contributed by atoms with Gasteiger partial charge in [0.05, 0.1) is 12.0 Å². The maximum absolute atomic E-state index is 13.0. The van der Waals surface area contributed by atoms with Crippen molar-refractivity contribution in [1.29, 1.82) is 0 Å². The summed E-state index contributed by atoms with van der Waals surface area (Å²) in [5.41, 5.74) is 0.925. The Morgan fingerprint density at radius 2 is 1.80 bits per heavy atom. The fraction of sp³-hybridized carbons (Fsp3) is 0.444. The van der Waals surface area contributed by atoms with E-state index in [0.29, 0.717) is 12.8 Å². The van der Waals surface area contributed by atoms with E-state index in [1.807, 2.05) is 19.1 Å². The summed E-state index contributed by atoms with van der Waals surface area (Å²) in [5, 5.41) is 0. The van der Waals surface area contributed by atoms with Crippen LogP contribution in [0.5, 0.6) is 0 Å². The summed E-state index contributed by atoms with van der Waals surface area (Å²) in [6.07, 6.45) is 5.14. The van der Waals surface area contributed by atoms with E-state index in [0.717, 1.165) is 9.87 Å². The summed E-state index contributed by atoms with van der Waals surface area (Å²) < 4.78 is 31.6. The Balaban J connectivity index is 2.01. The van der Waals surface area contributed by atoms with E-state index in [9.17, 15) is 18.0 Å². The van der Waals surface area contributed by atoms with Gasteiger partial charge in [0, 0.05) is 6.54 Å². The summed E-state index contributed by atoms with van der Waals surface area (Å²) >= 11 is 0. The zero-order valence-electron chi connectivity index (χ0n) is 14.2. The van der Waals surface area contributed by atoms with Gasteiger partial charge in [-0.3, -0.25) is 9.59 Å². The second-order valence-corrected chi connectivity index (χ2v) is 8.42. The molecule has 1 aromatic rings. The lowest BCUT2D eigenvalue weighted by molar-refractivity contribution is -0.158. The number of ether oxygens (including phenoxy) is 1. The Morgan fingerprint density at radius 3 is 2.44 bits per heavy atom. The Labute approximate surface area is 147 Å². The van der Waals surface area contributed by atoms with Crippen molar-refractivity contribution in [3.8, 4) is 0 Å². The largest absolute Gasteiger partial charge is 0.468 e. The Morgan fingerprint density at radius 1 is 1.16 bits per heavy atom. The number of methoxy groups -OCH3 is 1. The monoisotopic (exact) mass is 363 g/mol. The number of hydrogen-bond donors (Lipinski definition) is 0. The molecule has 1 amide bonds. The maximum atomic E-state index is 13.0. The van der Waals surface area contributed by atoms with E-state index < -0.39 is 27.8 Å². The third kappa shape index (κ3) is 3.08. The molecule has 0 aromatic heterocycles. The minimum Gasteiger partial charge on any atom is -0.468 e. The van der Waals surface area contributed by atoms with Crippen molar-refractivity contribution in [3.05, 3.63) is 42.0 Å². The molecule has 1 heterocycles. The van der Waals surface area contributed by atoms with Gasteiger partial charge >= 0.3 is 5.97 Å². The molecule has 1 fully saturated rings. The van der Waals surface area contributed by atoms with Gasteiger partial charge in [-0.25, -0.2) is 12.7 Å². The molecule has 134 valence electrons. The van der Waals surface area contributed by atoms with Gasteiger partial charge in [0.25, 0.3) is 15.9 Å². The number of rotatable bonds is 3. The van der Waals surface area contributed by atoms with Gasteiger partial charge in [0.1, 0.15) is 5.92 Å². The first-order valence-electron chi connectivity index (χ1n) is 8.22. The van der Waals surface area contributed by atoms with Gasteiger partial charge in [-0.1, -0.05) is 29.8 Å². The Kier molecular flexibility index (Phi) is 4.69. The molecule has 7 heteroatoms. The highest BCUT2D eigenvalue weighted by Crippen LogP contribution is 2.39. The molecule has 1 aromatic carbocycles. The average Bonchev–Trinajstić information content (AvgIpc) is 2.61. The van der Waals surface area contributed by atoms with Crippen molar-refractivity contribution < 1.29 is 22.7 Å². The Hall–Kier alpha value is -2.15. The van der Waals surface area contributed by atoms with Gasteiger partial charge in [-0.2, -0.15) is 0 Å². The number of amides is 1. The van der Waals surface area contributed by atoms with E-state index in [2.05, 4.69) is 0 Å². The van der Waals surface area contributed by atoms with Gasteiger partial charge in [-0.15, -0.1) is 0 Å². The van der Waals surface area contributed by atoms with Crippen molar-refractivity contribution in [2.75, 3.05) is 13.7 Å². The number of allylic oxidation sites excluding steroid dienone is 2. The zero-order valence-corrected chi connectivity index (χ0v) is 15.0. The number of carbonyl (C=O) groups excluding carboxylic acids is 2. The zero-order chi connectivity index (χ0) is 18.2. The minimum atomic E-state index is -4.00. The molecule has 25 heavy (non-hydrogen) atoms. The van der Waals surface area contributed by atoms with Crippen molar-refractivity contribution >= 4 is 21.9 Å². The highest BCUT2D eigenvalue weighted by Gasteiger charge is 2.50. The van der Waals surface area contributed by atoms with Crippen LogP contribution in [0.1, 0.15) is 18.4 Å². The van der Waals surface area contributed by atoms with Crippen molar-refractivity contribution in [2.45, 2.75) is 24.7 Å². The van der Waals surface area contributed by atoms with Crippen LogP contribution in [-0.2, 0) is 24.3 Å². The number of benzene rings is 1. The lowest BCUT2D eigenvalue weighted by atomic mass is 9.72. The molecule has 1 aliphatic heterocycles. The van der Waals surface area contributed by atoms with Crippen molar-refractivity contribution in [3.63, 3.8) is 0 Å².